The minimum absolute atomic E-state index is 0.0181. The first-order chi connectivity index (χ1) is 11.1. The molecular formula is C16H13ClN4O2. The predicted octanol–water partition coefficient (Wildman–Crippen LogP) is 2.55. The van der Waals surface area contributed by atoms with E-state index in [4.69, 9.17) is 11.6 Å². The number of amides is 1. The van der Waals surface area contributed by atoms with Gasteiger partial charge in [0.25, 0.3) is 11.5 Å². The summed E-state index contributed by atoms with van der Waals surface area (Å²) in [6.07, 6.45) is 1.49. The Morgan fingerprint density at radius 3 is 2.91 bits per heavy atom. The van der Waals surface area contributed by atoms with Gasteiger partial charge in [-0.3, -0.25) is 9.59 Å². The van der Waals surface area contributed by atoms with Crippen LogP contribution in [-0.2, 0) is 6.54 Å². The molecule has 7 heteroatoms. The number of carbonyl (C=O) groups is 1. The second kappa shape index (κ2) is 4.96. The minimum atomic E-state index is -0.308. The molecule has 6 nitrogen and oxygen atoms in total. The number of nitrogens with zero attached hydrogens (tertiary/aromatic N) is 2. The number of H-pyrrole nitrogens is 2. The molecule has 23 heavy (non-hydrogen) atoms. The fourth-order valence-corrected chi connectivity index (χ4v) is 3.17. The summed E-state index contributed by atoms with van der Waals surface area (Å²) in [5, 5.41) is 0.327. The second-order valence-electron chi connectivity index (χ2n) is 5.46. The number of halogens is 1. The molecule has 1 amide bonds. The second-order valence-corrected chi connectivity index (χ2v) is 5.87. The van der Waals surface area contributed by atoms with E-state index in [0.717, 1.165) is 11.1 Å². The molecule has 0 atom stereocenters. The summed E-state index contributed by atoms with van der Waals surface area (Å²) in [7, 11) is 0. The smallest absolute Gasteiger partial charge is 0.260 e. The summed E-state index contributed by atoms with van der Waals surface area (Å²) in [4.78, 5) is 36.2. The molecule has 3 aromatic rings. The Morgan fingerprint density at radius 1 is 1.35 bits per heavy atom. The maximum absolute atomic E-state index is 12.3. The van der Waals surface area contributed by atoms with Crippen molar-refractivity contribution in [2.75, 3.05) is 6.54 Å². The van der Waals surface area contributed by atoms with Crippen molar-refractivity contribution in [1.29, 1.82) is 0 Å². The summed E-state index contributed by atoms with van der Waals surface area (Å²) in [5.41, 5.74) is 3.05. The van der Waals surface area contributed by atoms with Gasteiger partial charge in [0.2, 0.25) is 0 Å². The lowest BCUT2D eigenvalue weighted by atomic mass is 10.1. The zero-order chi connectivity index (χ0) is 16.1. The number of fused-ring (bicyclic) bond motifs is 2. The van der Waals surface area contributed by atoms with Gasteiger partial charge in [0.15, 0.2) is 0 Å². The summed E-state index contributed by atoms with van der Waals surface area (Å²) in [5.74, 6) is 0.417. The lowest BCUT2D eigenvalue weighted by molar-refractivity contribution is 0.0787. The molecule has 0 saturated heterocycles. The third kappa shape index (κ3) is 2.06. The number of carbonyl (C=O) groups excluding carboxylic acids is 1. The molecule has 0 bridgehead atoms. The van der Waals surface area contributed by atoms with Gasteiger partial charge < -0.3 is 14.9 Å². The average Bonchev–Trinajstić information content (AvgIpc) is 3.06. The lowest BCUT2D eigenvalue weighted by Crippen LogP contribution is -2.22. The Kier molecular flexibility index (Phi) is 3.02. The summed E-state index contributed by atoms with van der Waals surface area (Å²) < 4.78 is 0. The fourth-order valence-electron chi connectivity index (χ4n) is 2.93. The molecule has 1 aliphatic rings. The third-order valence-electron chi connectivity index (χ3n) is 4.11. The number of imidazole rings is 1. The highest BCUT2D eigenvalue weighted by Gasteiger charge is 2.27. The van der Waals surface area contributed by atoms with E-state index in [1.165, 1.54) is 6.20 Å². The van der Waals surface area contributed by atoms with Gasteiger partial charge in [-0.25, -0.2) is 4.98 Å². The first-order valence-corrected chi connectivity index (χ1v) is 7.65. The van der Waals surface area contributed by atoms with Crippen molar-refractivity contribution in [1.82, 2.24) is 19.9 Å². The largest absolute Gasteiger partial charge is 0.338 e. The third-order valence-corrected chi connectivity index (χ3v) is 4.43. The van der Waals surface area contributed by atoms with Gasteiger partial charge in [-0.2, -0.15) is 0 Å². The van der Waals surface area contributed by atoms with Crippen LogP contribution in [0.4, 0.5) is 0 Å². The number of aromatic nitrogens is 3. The quantitative estimate of drug-likeness (QED) is 0.758. The van der Waals surface area contributed by atoms with Crippen LogP contribution in [0.25, 0.3) is 22.4 Å². The van der Waals surface area contributed by atoms with Gasteiger partial charge >= 0.3 is 0 Å². The van der Waals surface area contributed by atoms with Crippen molar-refractivity contribution in [3.05, 3.63) is 50.9 Å². The first kappa shape index (κ1) is 14.0. The Balaban J connectivity index is 1.89. The summed E-state index contributed by atoms with van der Waals surface area (Å²) in [6, 6.07) is 5.29. The van der Waals surface area contributed by atoms with Crippen LogP contribution in [0.3, 0.4) is 0 Å². The molecule has 0 aliphatic carbocycles. The lowest BCUT2D eigenvalue weighted by Gasteiger charge is -2.10. The Hall–Kier alpha value is -2.60. The molecular weight excluding hydrogens is 316 g/mol. The van der Waals surface area contributed by atoms with Crippen LogP contribution in [0, 0.1) is 0 Å². The van der Waals surface area contributed by atoms with E-state index in [1.807, 2.05) is 13.0 Å². The SMILES string of the molecule is CCN1Cc2cc3[nH]c(-c4c(Cl)cc[nH]c4=O)nc3cc2C1=O. The van der Waals surface area contributed by atoms with Gasteiger partial charge in [0.1, 0.15) is 11.4 Å². The molecule has 1 aliphatic heterocycles. The number of aromatic amines is 2. The van der Waals surface area contributed by atoms with Crippen molar-refractivity contribution < 1.29 is 4.79 Å². The van der Waals surface area contributed by atoms with Gasteiger partial charge in [0, 0.05) is 24.8 Å². The first-order valence-electron chi connectivity index (χ1n) is 7.28. The summed E-state index contributed by atoms with van der Waals surface area (Å²) >= 11 is 6.11. The molecule has 0 fully saturated rings. The summed E-state index contributed by atoms with van der Waals surface area (Å²) in [6.45, 7) is 3.23. The fraction of sp³-hybridized carbons (Fsp3) is 0.188. The topological polar surface area (TPSA) is 81.8 Å². The zero-order valence-corrected chi connectivity index (χ0v) is 13.1. The molecule has 0 saturated carbocycles. The maximum atomic E-state index is 12.3. The number of nitrogens with one attached hydrogen (secondary N) is 2. The van der Waals surface area contributed by atoms with Gasteiger partial charge in [-0.1, -0.05) is 11.6 Å². The van der Waals surface area contributed by atoms with Gasteiger partial charge in [-0.05, 0) is 30.7 Å². The standard InChI is InChI=1S/C16H13ClN4O2/c1-2-21-7-8-5-11-12(6-9(8)16(21)23)20-14(19-11)13-10(17)3-4-18-15(13)22/h3-6H,2,7H2,1H3,(H,18,22)(H,19,20). The van der Waals surface area contributed by atoms with E-state index in [2.05, 4.69) is 15.0 Å². The van der Waals surface area contributed by atoms with E-state index in [1.54, 1.807) is 17.0 Å². The normalized spacial score (nSPS) is 13.8. The molecule has 0 unspecified atom stereocenters. The van der Waals surface area contributed by atoms with Crippen LogP contribution in [0.1, 0.15) is 22.8 Å². The number of pyridine rings is 1. The number of hydrogen-bond acceptors (Lipinski definition) is 3. The van der Waals surface area contributed by atoms with Gasteiger partial charge in [-0.15, -0.1) is 0 Å². The van der Waals surface area contributed by atoms with Crippen LogP contribution in [0.15, 0.2) is 29.2 Å². The van der Waals surface area contributed by atoms with Crippen LogP contribution < -0.4 is 5.56 Å². The molecule has 4 rings (SSSR count). The average molecular weight is 329 g/mol. The molecule has 0 spiro atoms. The Bertz CT molecular complexity index is 1000. The van der Waals surface area contributed by atoms with E-state index in [-0.39, 0.29) is 11.5 Å². The molecule has 0 radical (unpaired) electrons. The van der Waals surface area contributed by atoms with Crippen LogP contribution in [0.5, 0.6) is 0 Å². The van der Waals surface area contributed by atoms with Crippen molar-refractivity contribution >= 4 is 28.5 Å². The maximum Gasteiger partial charge on any atom is 0.260 e. The molecule has 116 valence electrons. The highest BCUT2D eigenvalue weighted by atomic mass is 35.5. The van der Waals surface area contributed by atoms with Crippen LogP contribution >= 0.6 is 11.6 Å². The van der Waals surface area contributed by atoms with Crippen molar-refractivity contribution in [3.63, 3.8) is 0 Å². The monoisotopic (exact) mass is 328 g/mol. The van der Waals surface area contributed by atoms with Gasteiger partial charge in [0.05, 0.1) is 16.1 Å². The van der Waals surface area contributed by atoms with Crippen molar-refractivity contribution in [2.45, 2.75) is 13.5 Å². The molecule has 1 aromatic carbocycles. The molecule has 2 aromatic heterocycles. The minimum Gasteiger partial charge on any atom is -0.338 e. The highest BCUT2D eigenvalue weighted by Crippen LogP contribution is 2.29. The zero-order valence-electron chi connectivity index (χ0n) is 12.3. The number of benzene rings is 1. The van der Waals surface area contributed by atoms with E-state index in [0.29, 0.717) is 40.6 Å². The Labute approximate surface area is 136 Å². The van der Waals surface area contributed by atoms with E-state index >= 15 is 0 Å². The van der Waals surface area contributed by atoms with Crippen molar-refractivity contribution in [3.8, 4) is 11.4 Å². The number of hydrogen-bond donors (Lipinski definition) is 2. The van der Waals surface area contributed by atoms with E-state index < -0.39 is 0 Å². The predicted molar refractivity (Wildman–Crippen MR) is 87.6 cm³/mol. The number of rotatable bonds is 2. The molecule has 2 N–H and O–H groups in total. The van der Waals surface area contributed by atoms with Crippen LogP contribution in [-0.4, -0.2) is 32.3 Å². The highest BCUT2D eigenvalue weighted by molar-refractivity contribution is 6.33. The van der Waals surface area contributed by atoms with Crippen molar-refractivity contribution in [2.24, 2.45) is 0 Å². The van der Waals surface area contributed by atoms with E-state index in [9.17, 15) is 9.59 Å². The van der Waals surface area contributed by atoms with Crippen LogP contribution in [0.2, 0.25) is 5.02 Å². The molecule has 3 heterocycles. The Morgan fingerprint density at radius 2 is 2.17 bits per heavy atom.